The lowest BCUT2D eigenvalue weighted by Gasteiger charge is -2.12. The topological polar surface area (TPSA) is 107 Å². The average Bonchev–Trinajstić information content (AvgIpc) is 3.41. The highest BCUT2D eigenvalue weighted by Crippen LogP contribution is 2.46. The number of hydrogen-bond acceptors (Lipinski definition) is 7. The number of hydrogen-bond donors (Lipinski definition) is 2. The van der Waals surface area contributed by atoms with E-state index in [1.165, 1.54) is 18.4 Å². The van der Waals surface area contributed by atoms with Crippen LogP contribution in [0.4, 0.5) is 11.6 Å². The highest BCUT2D eigenvalue weighted by atomic mass is 16.5. The van der Waals surface area contributed by atoms with Crippen LogP contribution in [0.1, 0.15) is 54.2 Å². The van der Waals surface area contributed by atoms with Gasteiger partial charge in [-0.25, -0.2) is 14.6 Å². The minimum atomic E-state index is 0.567. The van der Waals surface area contributed by atoms with Crippen molar-refractivity contribution in [3.05, 3.63) is 40.7 Å². The first-order chi connectivity index (χ1) is 16.9. The summed E-state index contributed by atoms with van der Waals surface area (Å²) in [6.07, 6.45) is 2.41. The van der Waals surface area contributed by atoms with E-state index >= 15 is 0 Å². The van der Waals surface area contributed by atoms with Crippen molar-refractivity contribution in [2.75, 3.05) is 12.4 Å². The number of aromatic nitrogens is 6. The monoisotopic (exact) mass is 471 g/mol. The Bertz CT molecular complexity index is 1580. The van der Waals surface area contributed by atoms with Gasteiger partial charge in [-0.05, 0) is 65.5 Å². The van der Waals surface area contributed by atoms with E-state index in [4.69, 9.17) is 24.3 Å². The van der Waals surface area contributed by atoms with Crippen LogP contribution in [0.2, 0.25) is 0 Å². The second kappa shape index (κ2) is 7.83. The van der Waals surface area contributed by atoms with E-state index in [1.807, 2.05) is 31.5 Å². The lowest BCUT2D eigenvalue weighted by atomic mass is 10.0. The Morgan fingerprint density at radius 3 is 2.60 bits per heavy atom. The molecule has 2 N–H and O–H groups in total. The predicted molar refractivity (Wildman–Crippen MR) is 136 cm³/mol. The Morgan fingerprint density at radius 2 is 1.94 bits per heavy atom. The second-order valence-electron chi connectivity index (χ2n) is 9.33. The van der Waals surface area contributed by atoms with Crippen LogP contribution in [0.15, 0.2) is 16.7 Å². The summed E-state index contributed by atoms with van der Waals surface area (Å²) in [6, 6.07) is 4.13. The number of methoxy groups -OCH3 is 1. The second-order valence-corrected chi connectivity index (χ2v) is 9.33. The lowest BCUT2D eigenvalue weighted by molar-refractivity contribution is 0.393. The van der Waals surface area contributed by atoms with Gasteiger partial charge in [0.15, 0.2) is 0 Å². The zero-order valence-corrected chi connectivity index (χ0v) is 20.9. The van der Waals surface area contributed by atoms with Crippen molar-refractivity contribution in [2.24, 2.45) is 0 Å². The molecule has 0 amide bonds. The van der Waals surface area contributed by atoms with Gasteiger partial charge in [0, 0.05) is 28.6 Å². The SMILES string of the molecule is CCn1nc(C)c(C2CC2)c1Nc1nc(C)nc2[nH]c3cc(-c4c(C)noc4C)c(OC)cc3c12. The maximum atomic E-state index is 5.83. The lowest BCUT2D eigenvalue weighted by Crippen LogP contribution is -2.06. The molecule has 0 spiro atoms. The molecular weight excluding hydrogens is 442 g/mol. The van der Waals surface area contributed by atoms with Crippen molar-refractivity contribution in [1.29, 1.82) is 0 Å². The number of ether oxygens (including phenoxy) is 1. The summed E-state index contributed by atoms with van der Waals surface area (Å²) in [5, 5.41) is 14.5. The molecule has 9 heteroatoms. The van der Waals surface area contributed by atoms with E-state index in [0.717, 1.165) is 74.1 Å². The molecule has 1 fully saturated rings. The third-order valence-corrected chi connectivity index (χ3v) is 6.88. The number of nitrogens with zero attached hydrogens (tertiary/aromatic N) is 5. The maximum Gasteiger partial charge on any atom is 0.145 e. The fourth-order valence-electron chi connectivity index (χ4n) is 5.19. The molecule has 0 aliphatic heterocycles. The van der Waals surface area contributed by atoms with Gasteiger partial charge in [0.1, 0.15) is 34.6 Å². The number of aryl methyl sites for hydroxylation is 5. The maximum absolute atomic E-state index is 5.83. The molecule has 180 valence electrons. The normalized spacial score (nSPS) is 13.8. The van der Waals surface area contributed by atoms with E-state index in [9.17, 15) is 0 Å². The fraction of sp³-hybridized carbons (Fsp3) is 0.385. The Kier molecular flexibility index (Phi) is 4.84. The standard InChI is InChI=1S/C26H29N7O2/c1-7-33-26(22(12(2)31-33)16-8-9-16)30-25-23-17-11-20(34-6)18(21-13(3)32-35-14(21)4)10-19(17)29-24(23)27-15(5)28-25/h10-11,16H,7-9H2,1-6H3,(H2,27,28,29,30). The molecule has 5 aromatic rings. The molecular formula is C26H29N7O2. The van der Waals surface area contributed by atoms with Gasteiger partial charge in [-0.3, -0.25) is 0 Å². The first-order valence-corrected chi connectivity index (χ1v) is 12.0. The molecule has 0 radical (unpaired) electrons. The predicted octanol–water partition coefficient (Wildman–Crippen LogP) is 5.85. The molecule has 0 bridgehead atoms. The van der Waals surface area contributed by atoms with E-state index < -0.39 is 0 Å². The van der Waals surface area contributed by atoms with E-state index in [1.54, 1.807) is 7.11 Å². The molecule has 9 nitrogen and oxygen atoms in total. The number of H-pyrrole nitrogens is 1. The van der Waals surface area contributed by atoms with Crippen molar-refractivity contribution < 1.29 is 9.26 Å². The summed E-state index contributed by atoms with van der Waals surface area (Å²) in [5.41, 5.74) is 6.81. The largest absolute Gasteiger partial charge is 0.496 e. The van der Waals surface area contributed by atoms with Crippen LogP contribution in [0, 0.1) is 27.7 Å². The molecule has 1 aliphatic rings. The highest BCUT2D eigenvalue weighted by molar-refractivity contribution is 6.13. The molecule has 1 saturated carbocycles. The Labute approximate surface area is 202 Å². The fourth-order valence-corrected chi connectivity index (χ4v) is 5.19. The molecule has 1 aliphatic carbocycles. The number of aromatic amines is 1. The molecule has 1 aromatic carbocycles. The van der Waals surface area contributed by atoms with Gasteiger partial charge in [-0.2, -0.15) is 5.10 Å². The van der Waals surface area contributed by atoms with E-state index in [2.05, 4.69) is 35.4 Å². The van der Waals surface area contributed by atoms with Crippen LogP contribution in [-0.2, 0) is 6.54 Å². The van der Waals surface area contributed by atoms with Gasteiger partial charge < -0.3 is 19.6 Å². The van der Waals surface area contributed by atoms with Crippen LogP contribution >= 0.6 is 0 Å². The first-order valence-electron chi connectivity index (χ1n) is 12.0. The van der Waals surface area contributed by atoms with Crippen molar-refractivity contribution in [2.45, 2.75) is 59.9 Å². The number of nitrogens with one attached hydrogen (secondary N) is 2. The summed E-state index contributed by atoms with van der Waals surface area (Å²) >= 11 is 0. The molecule has 0 saturated heterocycles. The number of fused-ring (bicyclic) bond motifs is 3. The van der Waals surface area contributed by atoms with Crippen LogP contribution in [0.5, 0.6) is 5.75 Å². The van der Waals surface area contributed by atoms with E-state index in [-0.39, 0.29) is 0 Å². The number of benzene rings is 1. The zero-order valence-electron chi connectivity index (χ0n) is 20.9. The van der Waals surface area contributed by atoms with E-state index in [0.29, 0.717) is 11.7 Å². The van der Waals surface area contributed by atoms with Crippen LogP contribution < -0.4 is 10.1 Å². The van der Waals surface area contributed by atoms with Gasteiger partial charge >= 0.3 is 0 Å². The van der Waals surface area contributed by atoms with Gasteiger partial charge in [0.05, 0.1) is 29.4 Å². The number of anilines is 2. The van der Waals surface area contributed by atoms with Crippen molar-refractivity contribution in [3.63, 3.8) is 0 Å². The van der Waals surface area contributed by atoms with Crippen LogP contribution in [0.3, 0.4) is 0 Å². The smallest absolute Gasteiger partial charge is 0.145 e. The number of rotatable bonds is 6. The van der Waals surface area contributed by atoms with Crippen molar-refractivity contribution in [1.82, 2.24) is 29.9 Å². The van der Waals surface area contributed by atoms with Crippen LogP contribution in [0.25, 0.3) is 33.1 Å². The third kappa shape index (κ3) is 3.37. The van der Waals surface area contributed by atoms with Gasteiger partial charge in [0.2, 0.25) is 0 Å². The molecule has 0 atom stereocenters. The molecule has 4 aromatic heterocycles. The zero-order chi connectivity index (χ0) is 24.4. The minimum absolute atomic E-state index is 0.567. The van der Waals surface area contributed by atoms with Crippen molar-refractivity contribution >= 4 is 33.6 Å². The van der Waals surface area contributed by atoms with Crippen LogP contribution in [-0.4, -0.2) is 37.0 Å². The Balaban J connectivity index is 1.58. The molecule has 4 heterocycles. The Hall–Kier alpha value is -3.88. The summed E-state index contributed by atoms with van der Waals surface area (Å²) in [7, 11) is 1.68. The van der Waals surface area contributed by atoms with Gasteiger partial charge in [-0.15, -0.1) is 0 Å². The van der Waals surface area contributed by atoms with Gasteiger partial charge in [0.25, 0.3) is 0 Å². The summed E-state index contributed by atoms with van der Waals surface area (Å²) < 4.78 is 13.3. The first kappa shape index (κ1) is 21.6. The summed E-state index contributed by atoms with van der Waals surface area (Å²) in [5.74, 6) is 4.55. The minimum Gasteiger partial charge on any atom is -0.496 e. The Morgan fingerprint density at radius 1 is 1.14 bits per heavy atom. The molecule has 35 heavy (non-hydrogen) atoms. The van der Waals surface area contributed by atoms with Crippen molar-refractivity contribution in [3.8, 4) is 16.9 Å². The third-order valence-electron chi connectivity index (χ3n) is 6.88. The summed E-state index contributed by atoms with van der Waals surface area (Å²) in [6.45, 7) is 10.8. The highest BCUT2D eigenvalue weighted by Gasteiger charge is 2.32. The quantitative estimate of drug-likeness (QED) is 0.320. The molecule has 6 rings (SSSR count). The summed E-state index contributed by atoms with van der Waals surface area (Å²) in [4.78, 5) is 13.0. The average molecular weight is 472 g/mol. The molecule has 0 unspecified atom stereocenters. The van der Waals surface area contributed by atoms with Gasteiger partial charge in [-0.1, -0.05) is 5.16 Å².